The molecule has 3 aromatic carbocycles. The van der Waals surface area contributed by atoms with Gasteiger partial charge in [-0.15, -0.1) is 11.8 Å². The van der Waals surface area contributed by atoms with Gasteiger partial charge >= 0.3 is 0 Å². The molecule has 4 aromatic rings. The number of nitrogens with zero attached hydrogens (tertiary/aromatic N) is 3. The van der Waals surface area contributed by atoms with Crippen molar-refractivity contribution in [1.82, 2.24) is 15.1 Å². The van der Waals surface area contributed by atoms with Gasteiger partial charge in [-0.3, -0.25) is 14.5 Å². The van der Waals surface area contributed by atoms with Crippen LogP contribution in [0.1, 0.15) is 29.7 Å². The van der Waals surface area contributed by atoms with E-state index in [9.17, 15) is 9.59 Å². The van der Waals surface area contributed by atoms with E-state index < -0.39 is 0 Å². The first-order valence-electron chi connectivity index (χ1n) is 13.8. The molecule has 1 N–H and O–H groups in total. The second-order valence-corrected chi connectivity index (χ2v) is 11.4. The quantitative estimate of drug-likeness (QED) is 0.235. The second kappa shape index (κ2) is 13.4. The van der Waals surface area contributed by atoms with Crippen LogP contribution in [0.3, 0.4) is 0 Å². The zero-order chi connectivity index (χ0) is 30.5. The summed E-state index contributed by atoms with van der Waals surface area (Å²) in [7, 11) is 4.79. The third kappa shape index (κ3) is 6.30. The van der Waals surface area contributed by atoms with Crippen molar-refractivity contribution in [3.8, 4) is 34.2 Å². The Hall–Kier alpha value is -4.15. The number of halogens is 1. The first-order chi connectivity index (χ1) is 20.9. The van der Waals surface area contributed by atoms with E-state index in [0.29, 0.717) is 46.0 Å². The number of carbonyl (C=O) groups is 2. The van der Waals surface area contributed by atoms with Crippen molar-refractivity contribution < 1.29 is 23.8 Å². The topological polar surface area (TPSA) is 94.9 Å². The molecule has 1 unspecified atom stereocenters. The van der Waals surface area contributed by atoms with Crippen molar-refractivity contribution in [1.29, 1.82) is 0 Å². The maximum atomic E-state index is 13.9. The molecule has 43 heavy (non-hydrogen) atoms. The summed E-state index contributed by atoms with van der Waals surface area (Å²) in [6.45, 7) is 2.36. The number of hydrogen-bond acceptors (Lipinski definition) is 7. The first-order valence-corrected chi connectivity index (χ1v) is 15.2. The lowest BCUT2D eigenvalue weighted by Gasteiger charge is -2.23. The van der Waals surface area contributed by atoms with Crippen molar-refractivity contribution in [2.24, 2.45) is 0 Å². The van der Waals surface area contributed by atoms with Crippen LogP contribution in [-0.2, 0) is 9.59 Å². The van der Waals surface area contributed by atoms with E-state index in [2.05, 4.69) is 5.32 Å². The molecule has 0 spiro atoms. The third-order valence-electron chi connectivity index (χ3n) is 7.11. The van der Waals surface area contributed by atoms with Crippen LogP contribution in [0.5, 0.6) is 17.2 Å². The van der Waals surface area contributed by atoms with E-state index >= 15 is 0 Å². The average Bonchev–Trinajstić information content (AvgIpc) is 3.36. The minimum atomic E-state index is -0.333. The highest BCUT2D eigenvalue weighted by Gasteiger charge is 2.38. The van der Waals surface area contributed by atoms with E-state index in [-0.39, 0.29) is 29.4 Å². The Labute approximate surface area is 260 Å². The van der Waals surface area contributed by atoms with Crippen LogP contribution in [-0.4, -0.2) is 61.8 Å². The molecule has 1 aliphatic heterocycles. The smallest absolute Gasteiger partial charge is 0.240 e. The van der Waals surface area contributed by atoms with Crippen molar-refractivity contribution in [2.45, 2.75) is 18.6 Å². The van der Waals surface area contributed by atoms with Crippen LogP contribution in [0.25, 0.3) is 16.9 Å². The number of nitrogens with one attached hydrogen (secondary N) is 1. The molecular weight excluding hydrogens is 588 g/mol. The highest BCUT2D eigenvalue weighted by molar-refractivity contribution is 8.00. The molecule has 224 valence electrons. The van der Waals surface area contributed by atoms with Crippen molar-refractivity contribution >= 4 is 41.0 Å². The summed E-state index contributed by atoms with van der Waals surface area (Å²) in [5, 5.41) is 8.28. The molecule has 2 amide bonds. The minimum absolute atomic E-state index is 0.146. The molecule has 1 aliphatic rings. The standard InChI is InChI=1S/C32H33ClN4O5S/c1-5-16-34-27(38)18-36-28(39)19-43-31(21-8-15-25(41-3)26(17-21)42-4)29-30(20-6-9-22(33)10-7-20)35-37(32(29)36)23-11-13-24(40-2)14-12-23/h6-15,17,31H,5,16,18-19H2,1-4H3,(H,34,38). The first kappa shape index (κ1) is 30.3. The number of methoxy groups -OCH3 is 3. The van der Waals surface area contributed by atoms with E-state index in [1.807, 2.05) is 73.7 Å². The Bertz CT molecular complexity index is 1610. The summed E-state index contributed by atoms with van der Waals surface area (Å²) in [6, 6.07) is 20.6. The van der Waals surface area contributed by atoms with Crippen LogP contribution >= 0.6 is 23.4 Å². The molecule has 0 aliphatic carbocycles. The largest absolute Gasteiger partial charge is 0.497 e. The number of amides is 2. The summed E-state index contributed by atoms with van der Waals surface area (Å²) in [4.78, 5) is 28.5. The zero-order valence-corrected chi connectivity index (χ0v) is 26.0. The lowest BCUT2D eigenvalue weighted by Crippen LogP contribution is -2.42. The number of carbonyl (C=O) groups excluding carboxylic acids is 2. The summed E-state index contributed by atoms with van der Waals surface area (Å²) >= 11 is 7.74. The fourth-order valence-corrected chi connectivity index (χ4v) is 6.30. The van der Waals surface area contributed by atoms with E-state index in [1.165, 1.54) is 11.8 Å². The van der Waals surface area contributed by atoms with Crippen molar-refractivity contribution in [3.05, 3.63) is 82.9 Å². The Balaban J connectivity index is 1.79. The molecule has 1 atom stereocenters. The highest BCUT2D eigenvalue weighted by atomic mass is 35.5. The van der Waals surface area contributed by atoms with Gasteiger partial charge in [0.2, 0.25) is 11.8 Å². The van der Waals surface area contributed by atoms with Gasteiger partial charge in [0.1, 0.15) is 18.1 Å². The van der Waals surface area contributed by atoms with Gasteiger partial charge in [-0.2, -0.15) is 5.10 Å². The van der Waals surface area contributed by atoms with Crippen LogP contribution in [0.15, 0.2) is 66.7 Å². The Morgan fingerprint density at radius 3 is 2.37 bits per heavy atom. The monoisotopic (exact) mass is 620 g/mol. The Kier molecular flexibility index (Phi) is 9.47. The van der Waals surface area contributed by atoms with Gasteiger partial charge in [0.15, 0.2) is 11.5 Å². The van der Waals surface area contributed by atoms with Gasteiger partial charge in [0.05, 0.1) is 43.7 Å². The number of rotatable bonds is 10. The van der Waals surface area contributed by atoms with E-state index in [0.717, 1.165) is 23.1 Å². The molecule has 0 radical (unpaired) electrons. The minimum Gasteiger partial charge on any atom is -0.497 e. The molecule has 11 heteroatoms. The number of hydrogen-bond donors (Lipinski definition) is 1. The molecule has 0 saturated carbocycles. The predicted molar refractivity (Wildman–Crippen MR) is 170 cm³/mol. The summed E-state index contributed by atoms with van der Waals surface area (Å²) in [5.74, 6) is 2.09. The van der Waals surface area contributed by atoms with Gasteiger partial charge in [0.25, 0.3) is 0 Å². The van der Waals surface area contributed by atoms with Crippen LogP contribution in [0.4, 0.5) is 5.82 Å². The molecular formula is C32H33ClN4O5S. The lowest BCUT2D eigenvalue weighted by molar-refractivity contribution is -0.122. The van der Waals surface area contributed by atoms with Gasteiger partial charge in [0, 0.05) is 22.7 Å². The Morgan fingerprint density at radius 1 is 1.00 bits per heavy atom. The molecule has 0 bridgehead atoms. The van der Waals surface area contributed by atoms with Crippen LogP contribution in [0, 0.1) is 0 Å². The second-order valence-electron chi connectivity index (χ2n) is 9.84. The van der Waals surface area contributed by atoms with Gasteiger partial charge in [-0.1, -0.05) is 36.7 Å². The molecule has 0 fully saturated rings. The van der Waals surface area contributed by atoms with Gasteiger partial charge in [-0.25, -0.2) is 4.68 Å². The van der Waals surface area contributed by atoms with E-state index in [4.69, 9.17) is 30.9 Å². The van der Waals surface area contributed by atoms with Crippen LogP contribution in [0.2, 0.25) is 5.02 Å². The van der Waals surface area contributed by atoms with Gasteiger partial charge < -0.3 is 19.5 Å². The normalized spacial score (nSPS) is 14.6. The Morgan fingerprint density at radius 2 is 1.72 bits per heavy atom. The number of anilines is 1. The molecule has 0 saturated heterocycles. The molecule has 1 aromatic heterocycles. The zero-order valence-electron chi connectivity index (χ0n) is 24.4. The average molecular weight is 621 g/mol. The number of thioether (sulfide) groups is 1. The fourth-order valence-electron chi connectivity index (χ4n) is 4.99. The summed E-state index contributed by atoms with van der Waals surface area (Å²) in [6.07, 6.45) is 0.784. The molecule has 2 heterocycles. The maximum Gasteiger partial charge on any atom is 0.240 e. The van der Waals surface area contributed by atoms with Gasteiger partial charge in [-0.05, 0) is 60.5 Å². The van der Waals surface area contributed by atoms with Crippen LogP contribution < -0.4 is 24.4 Å². The third-order valence-corrected chi connectivity index (χ3v) is 8.61. The SMILES string of the molecule is CCCNC(=O)CN1C(=O)CSC(c2ccc(OC)c(OC)c2)c2c(-c3ccc(Cl)cc3)nn(-c3ccc(OC)cc3)c21. The number of ether oxygens (including phenoxy) is 3. The number of benzene rings is 3. The predicted octanol–water partition coefficient (Wildman–Crippen LogP) is 5.91. The number of fused-ring (bicyclic) bond motifs is 1. The van der Waals surface area contributed by atoms with Crippen molar-refractivity contribution in [3.63, 3.8) is 0 Å². The fraction of sp³-hybridized carbons (Fsp3) is 0.281. The maximum absolute atomic E-state index is 13.9. The lowest BCUT2D eigenvalue weighted by atomic mass is 9.99. The summed E-state index contributed by atoms with van der Waals surface area (Å²) in [5.41, 5.74) is 3.90. The molecule has 5 rings (SSSR count). The van der Waals surface area contributed by atoms with E-state index in [1.54, 1.807) is 30.9 Å². The highest BCUT2D eigenvalue weighted by Crippen LogP contribution is 2.49. The summed E-state index contributed by atoms with van der Waals surface area (Å²) < 4.78 is 18.2. The number of aromatic nitrogens is 2. The van der Waals surface area contributed by atoms with Crippen molar-refractivity contribution in [2.75, 3.05) is 45.1 Å². The molecule has 9 nitrogen and oxygen atoms in total.